The molecule has 1 atom stereocenters. The molecule has 158 valence electrons. The smallest absolute Gasteiger partial charge is 0.254 e. The average Bonchev–Trinajstić information content (AvgIpc) is 3.20. The van der Waals surface area contributed by atoms with Crippen LogP contribution in [0.4, 0.5) is 0 Å². The van der Waals surface area contributed by atoms with Gasteiger partial charge in [-0.2, -0.15) is 0 Å². The van der Waals surface area contributed by atoms with Crippen LogP contribution in [0.25, 0.3) is 0 Å². The number of amides is 2. The van der Waals surface area contributed by atoms with Crippen LogP contribution in [0.1, 0.15) is 29.6 Å². The summed E-state index contributed by atoms with van der Waals surface area (Å²) in [6.45, 7) is 3.29. The lowest BCUT2D eigenvalue weighted by atomic mass is 10.00. The van der Waals surface area contributed by atoms with Crippen molar-refractivity contribution in [3.8, 4) is 5.75 Å². The summed E-state index contributed by atoms with van der Waals surface area (Å²) >= 11 is 0. The summed E-state index contributed by atoms with van der Waals surface area (Å²) in [6.07, 6.45) is 5.11. The van der Waals surface area contributed by atoms with E-state index in [1.165, 1.54) is 0 Å². The molecule has 2 fully saturated rings. The zero-order valence-corrected chi connectivity index (χ0v) is 17.0. The van der Waals surface area contributed by atoms with Crippen LogP contribution in [-0.2, 0) is 9.53 Å². The van der Waals surface area contributed by atoms with E-state index in [2.05, 4.69) is 4.98 Å². The predicted molar refractivity (Wildman–Crippen MR) is 111 cm³/mol. The minimum Gasteiger partial charge on any atom is -0.494 e. The Balaban J connectivity index is 1.26. The molecule has 1 aromatic heterocycles. The molecule has 30 heavy (non-hydrogen) atoms. The molecule has 2 aliphatic rings. The number of carbonyl (C=O) groups is 2. The highest BCUT2D eigenvalue weighted by Gasteiger charge is 2.45. The van der Waals surface area contributed by atoms with E-state index in [0.717, 1.165) is 12.2 Å². The van der Waals surface area contributed by atoms with Gasteiger partial charge in [0.1, 0.15) is 11.4 Å². The first-order valence-electron chi connectivity index (χ1n) is 10.4. The molecule has 0 saturated carbocycles. The first kappa shape index (κ1) is 20.3. The maximum atomic E-state index is 12.7. The summed E-state index contributed by atoms with van der Waals surface area (Å²) in [5.41, 5.74) is 0.168. The molecular formula is C23H27N3O4. The van der Waals surface area contributed by atoms with Gasteiger partial charge in [0, 0.05) is 37.5 Å². The monoisotopic (exact) mass is 409 g/mol. The minimum atomic E-state index is -0.461. The van der Waals surface area contributed by atoms with Crippen molar-refractivity contribution in [3.05, 3.63) is 60.4 Å². The van der Waals surface area contributed by atoms with Gasteiger partial charge < -0.3 is 19.3 Å². The van der Waals surface area contributed by atoms with E-state index in [1.54, 1.807) is 24.5 Å². The lowest BCUT2D eigenvalue weighted by Crippen LogP contribution is -2.55. The van der Waals surface area contributed by atoms with Crippen LogP contribution < -0.4 is 4.74 Å². The third kappa shape index (κ3) is 4.79. The van der Waals surface area contributed by atoms with Gasteiger partial charge >= 0.3 is 0 Å². The maximum absolute atomic E-state index is 12.7. The second-order valence-corrected chi connectivity index (χ2v) is 7.82. The van der Waals surface area contributed by atoms with Crippen LogP contribution in [0, 0.1) is 0 Å². The van der Waals surface area contributed by atoms with Gasteiger partial charge in [0.25, 0.3) is 5.91 Å². The second kappa shape index (κ2) is 9.26. The fourth-order valence-electron chi connectivity index (χ4n) is 4.09. The van der Waals surface area contributed by atoms with Gasteiger partial charge in [0.2, 0.25) is 5.91 Å². The Morgan fingerprint density at radius 1 is 1.03 bits per heavy atom. The van der Waals surface area contributed by atoms with Gasteiger partial charge in [-0.25, -0.2) is 0 Å². The van der Waals surface area contributed by atoms with Crippen LogP contribution in [-0.4, -0.2) is 71.6 Å². The molecule has 3 heterocycles. The number of aromatic nitrogens is 1. The fourth-order valence-corrected chi connectivity index (χ4v) is 4.09. The van der Waals surface area contributed by atoms with Crippen molar-refractivity contribution in [1.29, 1.82) is 0 Å². The number of para-hydroxylation sites is 1. The van der Waals surface area contributed by atoms with Crippen molar-refractivity contribution in [2.75, 3.05) is 39.4 Å². The van der Waals surface area contributed by atoms with Crippen molar-refractivity contribution >= 4 is 11.8 Å². The molecule has 4 rings (SSSR count). The summed E-state index contributed by atoms with van der Waals surface area (Å²) in [5.74, 6) is 0.924. The topological polar surface area (TPSA) is 72.0 Å². The zero-order valence-electron chi connectivity index (χ0n) is 17.0. The van der Waals surface area contributed by atoms with Crippen LogP contribution in [0.3, 0.4) is 0 Å². The van der Waals surface area contributed by atoms with Crippen molar-refractivity contribution in [1.82, 2.24) is 14.8 Å². The normalized spacial score (nSPS) is 21.1. The highest BCUT2D eigenvalue weighted by Crippen LogP contribution is 2.30. The molecule has 1 unspecified atom stereocenters. The van der Waals surface area contributed by atoms with Crippen LogP contribution >= 0.6 is 0 Å². The first-order chi connectivity index (χ1) is 14.7. The van der Waals surface area contributed by atoms with E-state index in [1.807, 2.05) is 40.1 Å². The number of rotatable bonds is 6. The quantitative estimate of drug-likeness (QED) is 0.685. The van der Waals surface area contributed by atoms with E-state index in [4.69, 9.17) is 9.47 Å². The first-order valence-corrected chi connectivity index (χ1v) is 10.4. The van der Waals surface area contributed by atoms with Crippen LogP contribution in [0.15, 0.2) is 54.9 Å². The Morgan fingerprint density at radius 3 is 2.60 bits per heavy atom. The summed E-state index contributed by atoms with van der Waals surface area (Å²) < 4.78 is 11.8. The van der Waals surface area contributed by atoms with Gasteiger partial charge in [-0.15, -0.1) is 0 Å². The molecule has 1 aromatic carbocycles. The molecule has 0 radical (unpaired) electrons. The predicted octanol–water partition coefficient (Wildman–Crippen LogP) is 2.38. The van der Waals surface area contributed by atoms with Crippen LogP contribution in [0.5, 0.6) is 5.75 Å². The highest BCUT2D eigenvalue weighted by atomic mass is 16.5. The second-order valence-electron chi connectivity index (χ2n) is 7.82. The summed E-state index contributed by atoms with van der Waals surface area (Å²) in [7, 11) is 0. The third-order valence-corrected chi connectivity index (χ3v) is 5.68. The highest BCUT2D eigenvalue weighted by molar-refractivity contribution is 5.94. The number of hydrogen-bond acceptors (Lipinski definition) is 5. The molecule has 0 bridgehead atoms. The van der Waals surface area contributed by atoms with Crippen molar-refractivity contribution < 1.29 is 19.1 Å². The van der Waals surface area contributed by atoms with Crippen molar-refractivity contribution in [2.45, 2.75) is 24.9 Å². The lowest BCUT2D eigenvalue weighted by molar-refractivity contribution is -0.148. The summed E-state index contributed by atoms with van der Waals surface area (Å²) in [5, 5.41) is 0. The van der Waals surface area contributed by atoms with E-state index < -0.39 is 5.60 Å². The number of likely N-dealkylation sites (tertiary alicyclic amines) is 1. The molecule has 0 aliphatic carbocycles. The Labute approximate surface area is 176 Å². The number of morpholine rings is 1. The molecule has 7 nitrogen and oxygen atoms in total. The molecule has 7 heteroatoms. The average molecular weight is 409 g/mol. The van der Waals surface area contributed by atoms with Gasteiger partial charge in [0.05, 0.1) is 26.3 Å². The number of pyridine rings is 1. The van der Waals surface area contributed by atoms with Gasteiger partial charge in [-0.05, 0) is 37.1 Å². The molecule has 2 saturated heterocycles. The Morgan fingerprint density at radius 2 is 1.80 bits per heavy atom. The van der Waals surface area contributed by atoms with E-state index >= 15 is 0 Å². The Hall–Kier alpha value is -2.93. The Kier molecular flexibility index (Phi) is 6.28. The number of ether oxygens (including phenoxy) is 2. The van der Waals surface area contributed by atoms with Gasteiger partial charge in [-0.3, -0.25) is 14.6 Å². The largest absolute Gasteiger partial charge is 0.494 e. The Bertz CT molecular complexity index is 861. The van der Waals surface area contributed by atoms with Crippen molar-refractivity contribution in [3.63, 3.8) is 0 Å². The standard InChI is InChI=1S/C23H27N3O4/c27-21(7-4-15-29-20-5-2-1-3-6-20)25-14-16-30-23(17-25)10-13-26(18-23)22(28)19-8-11-24-12-9-19/h1-3,5-6,8-9,11-12H,4,7,10,13-18H2. The van der Waals surface area contributed by atoms with Crippen LogP contribution in [0.2, 0.25) is 0 Å². The van der Waals surface area contributed by atoms with Gasteiger partial charge in [0.15, 0.2) is 0 Å². The molecular weight excluding hydrogens is 382 g/mol. The molecule has 2 aromatic rings. The summed E-state index contributed by atoms with van der Waals surface area (Å²) in [4.78, 5) is 33.1. The van der Waals surface area contributed by atoms with E-state index in [9.17, 15) is 9.59 Å². The van der Waals surface area contributed by atoms with E-state index in [0.29, 0.717) is 57.8 Å². The molecule has 2 aliphatic heterocycles. The van der Waals surface area contributed by atoms with Gasteiger partial charge in [-0.1, -0.05) is 18.2 Å². The number of benzene rings is 1. The SMILES string of the molecule is O=C(CCCOc1ccccc1)N1CCOC2(CCN(C(=O)c3ccncc3)C2)C1. The molecule has 1 spiro atoms. The number of carbonyl (C=O) groups excluding carboxylic acids is 2. The lowest BCUT2D eigenvalue weighted by Gasteiger charge is -2.40. The zero-order chi connectivity index (χ0) is 20.8. The fraction of sp³-hybridized carbons (Fsp3) is 0.435. The maximum Gasteiger partial charge on any atom is 0.254 e. The van der Waals surface area contributed by atoms with Crippen molar-refractivity contribution in [2.24, 2.45) is 0 Å². The number of hydrogen-bond donors (Lipinski definition) is 0. The summed E-state index contributed by atoms with van der Waals surface area (Å²) in [6, 6.07) is 13.1. The molecule has 2 amide bonds. The van der Waals surface area contributed by atoms with E-state index in [-0.39, 0.29) is 11.8 Å². The molecule has 0 N–H and O–H groups in total. The minimum absolute atomic E-state index is 0.0145. The number of nitrogens with zero attached hydrogens (tertiary/aromatic N) is 3. The third-order valence-electron chi connectivity index (χ3n) is 5.68.